The highest BCUT2D eigenvalue weighted by molar-refractivity contribution is 5.99. The number of carbonyl (C=O) groups is 3. The average Bonchev–Trinajstić information content (AvgIpc) is 3.19. The average molecular weight is 443 g/mol. The molecule has 0 aliphatic heterocycles. The van der Waals surface area contributed by atoms with Gasteiger partial charge in [0.05, 0.1) is 12.0 Å². The summed E-state index contributed by atoms with van der Waals surface area (Å²) in [4.78, 5) is 49.9. The molecule has 0 saturated heterocycles. The van der Waals surface area contributed by atoms with Crippen LogP contribution in [0.2, 0.25) is 0 Å². The summed E-state index contributed by atoms with van der Waals surface area (Å²) in [7, 11) is 0. The molecule has 0 unspecified atom stereocenters. The van der Waals surface area contributed by atoms with Crippen LogP contribution in [0.3, 0.4) is 0 Å². The van der Waals surface area contributed by atoms with E-state index in [1.165, 1.54) is 0 Å². The number of aromatic nitrogens is 2. The number of amides is 2. The second kappa shape index (κ2) is 10.4. The van der Waals surface area contributed by atoms with Gasteiger partial charge in [-0.15, -0.1) is 5.10 Å². The summed E-state index contributed by atoms with van der Waals surface area (Å²) in [6.45, 7) is 5.81. The normalized spacial score (nSPS) is 19.4. The van der Waals surface area contributed by atoms with Crippen LogP contribution in [-0.4, -0.2) is 39.9 Å². The number of hydrogen-bond donors (Lipinski definition) is 3. The van der Waals surface area contributed by atoms with Crippen LogP contribution >= 0.6 is 0 Å². The Labute approximate surface area is 186 Å². The van der Waals surface area contributed by atoms with Gasteiger partial charge in [-0.3, -0.25) is 14.4 Å². The Kier molecular flexibility index (Phi) is 7.61. The van der Waals surface area contributed by atoms with Gasteiger partial charge in [0.2, 0.25) is 11.7 Å². The van der Waals surface area contributed by atoms with Gasteiger partial charge in [0.1, 0.15) is 0 Å². The lowest BCUT2D eigenvalue weighted by Crippen LogP contribution is -2.52. The maximum atomic E-state index is 13.2. The monoisotopic (exact) mass is 442 g/mol. The summed E-state index contributed by atoms with van der Waals surface area (Å²) in [5, 5.41) is 11.5. The van der Waals surface area contributed by atoms with Crippen LogP contribution < -0.4 is 16.4 Å². The number of ketones is 1. The van der Waals surface area contributed by atoms with Gasteiger partial charge in [-0.05, 0) is 44.2 Å². The van der Waals surface area contributed by atoms with Crippen molar-refractivity contribution in [2.45, 2.75) is 65.0 Å². The van der Waals surface area contributed by atoms with Gasteiger partial charge in [0.25, 0.3) is 11.8 Å². The molecule has 1 heterocycles. The molecule has 0 radical (unpaired) electrons. The van der Waals surface area contributed by atoms with E-state index in [-0.39, 0.29) is 29.7 Å². The fraction of sp³-hybridized carbons (Fsp3) is 0.522. The maximum Gasteiger partial charge on any atom is 0.434 e. The first kappa shape index (κ1) is 23.4. The number of rotatable bonds is 8. The van der Waals surface area contributed by atoms with E-state index in [0.29, 0.717) is 24.8 Å². The molecule has 9 heteroatoms. The van der Waals surface area contributed by atoms with Gasteiger partial charge < -0.3 is 15.1 Å². The summed E-state index contributed by atoms with van der Waals surface area (Å²) < 4.78 is 4.79. The van der Waals surface area contributed by atoms with Crippen molar-refractivity contribution in [3.63, 3.8) is 0 Å². The fourth-order valence-corrected chi connectivity index (χ4v) is 4.04. The van der Waals surface area contributed by atoms with Gasteiger partial charge in [0.15, 0.2) is 0 Å². The zero-order valence-electron chi connectivity index (χ0n) is 18.6. The van der Waals surface area contributed by atoms with Crippen LogP contribution in [-0.2, 0) is 4.79 Å². The largest absolute Gasteiger partial charge is 0.434 e. The highest BCUT2D eigenvalue weighted by Crippen LogP contribution is 2.26. The second-order valence-corrected chi connectivity index (χ2v) is 8.81. The molecule has 1 saturated carbocycles. The van der Waals surface area contributed by atoms with Crippen LogP contribution in [0.5, 0.6) is 0 Å². The smallest absolute Gasteiger partial charge is 0.384 e. The summed E-state index contributed by atoms with van der Waals surface area (Å²) in [5.41, 5.74) is 1.60. The molecule has 9 nitrogen and oxygen atoms in total. The highest BCUT2D eigenvalue weighted by Gasteiger charge is 2.35. The Morgan fingerprint density at radius 2 is 1.84 bits per heavy atom. The predicted octanol–water partition coefficient (Wildman–Crippen LogP) is 2.37. The zero-order valence-corrected chi connectivity index (χ0v) is 18.6. The number of carbonyl (C=O) groups excluding carboxylic acids is 3. The van der Waals surface area contributed by atoms with Gasteiger partial charge in [-0.1, -0.05) is 44.4 Å². The summed E-state index contributed by atoms with van der Waals surface area (Å²) in [6, 6.07) is 6.07. The van der Waals surface area contributed by atoms with Crippen molar-refractivity contribution in [1.29, 1.82) is 0 Å². The first-order valence-corrected chi connectivity index (χ1v) is 11.0. The lowest BCUT2D eigenvalue weighted by atomic mass is 9.83. The van der Waals surface area contributed by atoms with E-state index in [4.69, 9.17) is 4.42 Å². The van der Waals surface area contributed by atoms with Crippen molar-refractivity contribution in [3.8, 4) is 0 Å². The van der Waals surface area contributed by atoms with E-state index in [0.717, 1.165) is 18.4 Å². The van der Waals surface area contributed by atoms with E-state index in [2.05, 4.69) is 20.8 Å². The molecule has 2 amide bonds. The molecule has 1 aromatic heterocycles. The van der Waals surface area contributed by atoms with Gasteiger partial charge >= 0.3 is 5.76 Å². The predicted molar refractivity (Wildman–Crippen MR) is 117 cm³/mol. The number of Topliss-reactive ketones (excluding diaryl/α,β-unsaturated/α-hetero) is 1. The Bertz CT molecular complexity index is 1010. The van der Waals surface area contributed by atoms with Crippen molar-refractivity contribution in [1.82, 2.24) is 20.8 Å². The summed E-state index contributed by atoms with van der Waals surface area (Å²) in [6.07, 6.45) is 3.45. The van der Waals surface area contributed by atoms with Crippen LogP contribution in [0.4, 0.5) is 0 Å². The van der Waals surface area contributed by atoms with E-state index in [9.17, 15) is 19.2 Å². The van der Waals surface area contributed by atoms with E-state index < -0.39 is 23.5 Å². The summed E-state index contributed by atoms with van der Waals surface area (Å²) in [5.74, 6) is -2.59. The number of nitrogens with one attached hydrogen (secondary N) is 3. The fourth-order valence-electron chi connectivity index (χ4n) is 4.04. The zero-order chi connectivity index (χ0) is 23.3. The Morgan fingerprint density at radius 1 is 1.16 bits per heavy atom. The molecule has 32 heavy (non-hydrogen) atoms. The number of H-pyrrole nitrogens is 1. The summed E-state index contributed by atoms with van der Waals surface area (Å²) >= 11 is 0. The molecule has 1 aromatic carbocycles. The van der Waals surface area contributed by atoms with Crippen LogP contribution in [0, 0.1) is 18.8 Å². The second-order valence-electron chi connectivity index (χ2n) is 8.81. The van der Waals surface area contributed by atoms with Crippen molar-refractivity contribution < 1.29 is 18.8 Å². The molecule has 2 aromatic rings. The maximum absolute atomic E-state index is 13.2. The van der Waals surface area contributed by atoms with Crippen LogP contribution in [0.15, 0.2) is 33.5 Å². The third-order valence-corrected chi connectivity index (χ3v) is 5.72. The molecule has 1 aliphatic carbocycles. The molecule has 3 N–H and O–H groups in total. The molecular weight excluding hydrogens is 412 g/mol. The van der Waals surface area contributed by atoms with E-state index in [1.54, 1.807) is 12.1 Å². The lowest BCUT2D eigenvalue weighted by molar-refractivity contribution is -0.127. The Morgan fingerprint density at radius 3 is 2.47 bits per heavy atom. The molecule has 172 valence electrons. The van der Waals surface area contributed by atoms with Crippen LogP contribution in [0.25, 0.3) is 0 Å². The standard InChI is InChI=1S/C23H30N4O5/c1-13(2)12-18(19(28)22-26-27-23(31)32-22)25-21(30)16-6-4-5-7-17(16)24-20(29)15-10-8-14(3)9-11-15/h8-11,13,16-18H,4-7,12H2,1-3H3,(H,24,29)(H,25,30)(H,27,31)/t16-,17+,18+/m1/s1. The van der Waals surface area contributed by atoms with Crippen molar-refractivity contribution in [2.24, 2.45) is 11.8 Å². The van der Waals surface area contributed by atoms with Crippen LogP contribution in [0.1, 0.15) is 72.6 Å². The molecular formula is C23H30N4O5. The third kappa shape index (κ3) is 5.93. The topological polar surface area (TPSA) is 134 Å². The lowest BCUT2D eigenvalue weighted by Gasteiger charge is -2.32. The number of hydrogen-bond acceptors (Lipinski definition) is 6. The van der Waals surface area contributed by atoms with Gasteiger partial charge in [-0.2, -0.15) is 0 Å². The minimum atomic E-state index is -0.871. The SMILES string of the molecule is Cc1ccc(C(=O)N[C@H]2CCCC[C@H]2C(=O)N[C@@H](CC(C)C)C(=O)c2n[nH]c(=O)o2)cc1. The molecule has 1 aliphatic rings. The van der Waals surface area contributed by atoms with Gasteiger partial charge in [-0.25, -0.2) is 9.89 Å². The molecule has 3 atom stereocenters. The number of benzene rings is 1. The Hall–Kier alpha value is -3.23. The quantitative estimate of drug-likeness (QED) is 0.537. The molecule has 1 fully saturated rings. The highest BCUT2D eigenvalue weighted by atomic mass is 16.4. The first-order valence-electron chi connectivity index (χ1n) is 11.0. The third-order valence-electron chi connectivity index (χ3n) is 5.72. The number of aryl methyl sites for hydroxylation is 1. The van der Waals surface area contributed by atoms with Crippen molar-refractivity contribution in [2.75, 3.05) is 0 Å². The van der Waals surface area contributed by atoms with E-state index in [1.807, 2.05) is 32.9 Å². The Balaban J connectivity index is 1.71. The van der Waals surface area contributed by atoms with E-state index >= 15 is 0 Å². The molecule has 3 rings (SSSR count). The minimum Gasteiger partial charge on any atom is -0.384 e. The van der Waals surface area contributed by atoms with Crippen molar-refractivity contribution >= 4 is 17.6 Å². The van der Waals surface area contributed by atoms with Crippen molar-refractivity contribution in [3.05, 3.63) is 51.8 Å². The number of aromatic amines is 1. The first-order chi connectivity index (χ1) is 15.2. The van der Waals surface area contributed by atoms with Gasteiger partial charge in [0, 0.05) is 11.6 Å². The molecule has 0 bridgehead atoms. The molecule has 0 spiro atoms. The minimum absolute atomic E-state index is 0.110. The number of nitrogens with zero attached hydrogens (tertiary/aromatic N) is 1.